The third-order valence-corrected chi connectivity index (χ3v) is 4.44. The maximum absolute atomic E-state index is 12.0. The van der Waals surface area contributed by atoms with Crippen LogP contribution in [0, 0.1) is 11.8 Å². The molecule has 0 spiro atoms. The largest absolute Gasteiger partial charge is 0.389 e. The van der Waals surface area contributed by atoms with E-state index in [9.17, 15) is 15.0 Å². The Labute approximate surface area is 135 Å². The van der Waals surface area contributed by atoms with E-state index >= 15 is 0 Å². The predicted molar refractivity (Wildman–Crippen MR) is 90.6 cm³/mol. The first-order chi connectivity index (χ1) is 10.2. The van der Waals surface area contributed by atoms with Crippen LogP contribution in [0.4, 0.5) is 0 Å². The van der Waals surface area contributed by atoms with Crippen molar-refractivity contribution in [3.8, 4) is 0 Å². The average Bonchev–Trinajstić information content (AvgIpc) is 2.36. The van der Waals surface area contributed by atoms with E-state index in [1.807, 2.05) is 13.0 Å². The first-order valence-electron chi connectivity index (χ1n) is 8.48. The number of aliphatic hydroxyl groups excluding tert-OH is 1. The predicted octanol–water partition coefficient (Wildman–Crippen LogP) is 3.80. The second kappa shape index (κ2) is 8.64. The van der Waals surface area contributed by atoms with Crippen molar-refractivity contribution in [2.45, 2.75) is 77.9 Å². The molecule has 0 unspecified atom stereocenters. The van der Waals surface area contributed by atoms with Gasteiger partial charge in [0.05, 0.1) is 11.7 Å². The molecule has 3 nitrogen and oxygen atoms in total. The van der Waals surface area contributed by atoms with Crippen LogP contribution in [0.2, 0.25) is 0 Å². The van der Waals surface area contributed by atoms with Gasteiger partial charge in [0.25, 0.3) is 0 Å². The summed E-state index contributed by atoms with van der Waals surface area (Å²) in [6, 6.07) is 0. The van der Waals surface area contributed by atoms with E-state index in [0.717, 1.165) is 24.8 Å². The molecule has 22 heavy (non-hydrogen) atoms. The van der Waals surface area contributed by atoms with Gasteiger partial charge in [0, 0.05) is 19.3 Å². The lowest BCUT2D eigenvalue weighted by Crippen LogP contribution is -2.27. The fraction of sp³-hybridized carbons (Fsp3) is 0.737. The Hall–Kier alpha value is -0.930. The van der Waals surface area contributed by atoms with Gasteiger partial charge in [-0.1, -0.05) is 37.6 Å². The Kier molecular flexibility index (Phi) is 7.51. The highest BCUT2D eigenvalue weighted by molar-refractivity contribution is 5.78. The number of carbonyl (C=O) groups excluding carboxylic acids is 1. The molecule has 3 heteroatoms. The van der Waals surface area contributed by atoms with Gasteiger partial charge < -0.3 is 10.2 Å². The molecule has 0 aromatic heterocycles. The van der Waals surface area contributed by atoms with E-state index in [1.165, 1.54) is 0 Å². The van der Waals surface area contributed by atoms with Crippen molar-refractivity contribution >= 4 is 5.78 Å². The lowest BCUT2D eigenvalue weighted by molar-refractivity contribution is -0.119. The maximum atomic E-state index is 12.0. The third kappa shape index (κ3) is 7.37. The summed E-state index contributed by atoms with van der Waals surface area (Å²) in [7, 11) is 0. The van der Waals surface area contributed by atoms with Crippen LogP contribution in [0.15, 0.2) is 23.8 Å². The highest BCUT2D eigenvalue weighted by Crippen LogP contribution is 2.24. The Balaban J connectivity index is 2.91. The number of aliphatic hydroxyl groups is 2. The van der Waals surface area contributed by atoms with Crippen LogP contribution < -0.4 is 0 Å². The molecule has 126 valence electrons. The van der Waals surface area contributed by atoms with Crippen molar-refractivity contribution in [3.05, 3.63) is 23.8 Å². The number of hydrogen-bond donors (Lipinski definition) is 2. The van der Waals surface area contributed by atoms with Crippen LogP contribution in [-0.2, 0) is 4.79 Å². The summed E-state index contributed by atoms with van der Waals surface area (Å²) >= 11 is 0. The monoisotopic (exact) mass is 308 g/mol. The topological polar surface area (TPSA) is 57.5 Å². The minimum absolute atomic E-state index is 0.285. The van der Waals surface area contributed by atoms with Gasteiger partial charge >= 0.3 is 0 Å². The Morgan fingerprint density at radius 3 is 2.59 bits per heavy atom. The molecule has 0 saturated heterocycles. The molecule has 0 aliphatic heterocycles. The van der Waals surface area contributed by atoms with Crippen LogP contribution in [0.5, 0.6) is 0 Å². The molecule has 0 saturated carbocycles. The molecule has 0 heterocycles. The van der Waals surface area contributed by atoms with Crippen molar-refractivity contribution < 1.29 is 15.0 Å². The third-order valence-electron chi connectivity index (χ3n) is 4.44. The van der Waals surface area contributed by atoms with E-state index < -0.39 is 11.7 Å². The van der Waals surface area contributed by atoms with E-state index in [1.54, 1.807) is 19.1 Å². The number of hydrogen-bond acceptors (Lipinski definition) is 3. The first-order valence-corrected chi connectivity index (χ1v) is 8.48. The number of Topliss-reactive ketones (excluding diaryl/α,β-unsaturated/α-hetero) is 1. The minimum atomic E-state index is -1.03. The lowest BCUT2D eigenvalue weighted by atomic mass is 9.86. The Bertz CT molecular complexity index is 418. The summed E-state index contributed by atoms with van der Waals surface area (Å²) in [5, 5.41) is 20.6. The van der Waals surface area contributed by atoms with Gasteiger partial charge in [0.1, 0.15) is 5.78 Å². The van der Waals surface area contributed by atoms with Gasteiger partial charge in [-0.15, -0.1) is 0 Å². The molecule has 2 N–H and O–H groups in total. The van der Waals surface area contributed by atoms with Crippen LogP contribution >= 0.6 is 0 Å². The molecule has 0 radical (unpaired) electrons. The van der Waals surface area contributed by atoms with Crippen LogP contribution in [0.25, 0.3) is 0 Å². The number of carbonyl (C=O) groups is 1. The second-order valence-corrected chi connectivity index (χ2v) is 7.34. The molecule has 0 bridgehead atoms. The summed E-state index contributed by atoms with van der Waals surface area (Å²) in [6.07, 6.45) is 8.99. The van der Waals surface area contributed by atoms with Crippen LogP contribution in [-0.4, -0.2) is 27.7 Å². The molecule has 0 aromatic rings. The number of allylic oxidation sites excluding steroid dienone is 2. The van der Waals surface area contributed by atoms with E-state index in [0.29, 0.717) is 31.0 Å². The molecular weight excluding hydrogens is 276 g/mol. The van der Waals surface area contributed by atoms with E-state index in [2.05, 4.69) is 13.8 Å². The molecule has 0 amide bonds. The van der Waals surface area contributed by atoms with Gasteiger partial charge in [-0.2, -0.15) is 0 Å². The molecule has 0 fully saturated rings. The van der Waals surface area contributed by atoms with Gasteiger partial charge in [-0.05, 0) is 44.9 Å². The van der Waals surface area contributed by atoms with Crippen molar-refractivity contribution in [2.24, 2.45) is 11.8 Å². The fourth-order valence-corrected chi connectivity index (χ4v) is 2.96. The summed E-state index contributed by atoms with van der Waals surface area (Å²) in [5.74, 6) is 1.03. The zero-order chi connectivity index (χ0) is 16.8. The summed E-state index contributed by atoms with van der Waals surface area (Å²) < 4.78 is 0. The van der Waals surface area contributed by atoms with Crippen LogP contribution in [0.1, 0.15) is 66.2 Å². The minimum Gasteiger partial charge on any atom is -0.389 e. The number of rotatable bonds is 1. The normalized spacial score (nSPS) is 36.5. The Morgan fingerprint density at radius 1 is 1.27 bits per heavy atom. The van der Waals surface area contributed by atoms with Gasteiger partial charge in [-0.3, -0.25) is 4.79 Å². The summed E-state index contributed by atoms with van der Waals surface area (Å²) in [4.78, 5) is 12.0. The van der Waals surface area contributed by atoms with Gasteiger partial charge in [0.15, 0.2) is 0 Å². The molecular formula is C19H32O3. The van der Waals surface area contributed by atoms with Crippen molar-refractivity contribution in [1.29, 1.82) is 0 Å². The zero-order valence-corrected chi connectivity index (χ0v) is 14.5. The van der Waals surface area contributed by atoms with E-state index in [-0.39, 0.29) is 5.92 Å². The quantitative estimate of drug-likeness (QED) is 0.724. The smallest absolute Gasteiger partial charge is 0.132 e. The van der Waals surface area contributed by atoms with Gasteiger partial charge in [0.2, 0.25) is 0 Å². The zero-order valence-electron chi connectivity index (χ0n) is 14.5. The van der Waals surface area contributed by atoms with Crippen LogP contribution in [0.3, 0.4) is 0 Å². The summed E-state index contributed by atoms with van der Waals surface area (Å²) in [6.45, 7) is 7.97. The standard InChI is InChI=1S/C19H32O3/c1-14(2)16-8-9-17(20)7-5-6-15(3)12-18(21)13-19(4,22)11-10-16/h10-12,14,16,18,21-22H,5-9,13H2,1-4H3/b11-10+,15-12+/t16-,18+,19-/m1/s1. The molecule has 1 aliphatic carbocycles. The van der Waals surface area contributed by atoms with Gasteiger partial charge in [-0.25, -0.2) is 0 Å². The molecule has 1 rings (SSSR count). The van der Waals surface area contributed by atoms with Crippen molar-refractivity contribution in [1.82, 2.24) is 0 Å². The van der Waals surface area contributed by atoms with E-state index in [4.69, 9.17) is 0 Å². The Morgan fingerprint density at radius 2 is 1.95 bits per heavy atom. The first kappa shape index (κ1) is 19.1. The SMILES string of the molecule is C/C1=C\[C@H](O)C[C@](C)(O)/C=C/[C@H](C(C)C)CCC(=O)CCC1. The number of ketones is 1. The summed E-state index contributed by atoms with van der Waals surface area (Å²) in [5.41, 5.74) is 0.0504. The molecule has 3 atom stereocenters. The van der Waals surface area contributed by atoms with Crippen molar-refractivity contribution in [3.63, 3.8) is 0 Å². The molecule has 0 aromatic carbocycles. The average molecular weight is 308 g/mol. The maximum Gasteiger partial charge on any atom is 0.132 e. The highest BCUT2D eigenvalue weighted by Gasteiger charge is 2.22. The molecule has 1 aliphatic rings. The van der Waals surface area contributed by atoms with Crippen molar-refractivity contribution in [2.75, 3.05) is 0 Å². The lowest BCUT2D eigenvalue weighted by Gasteiger charge is -2.24. The fourth-order valence-electron chi connectivity index (χ4n) is 2.96. The highest BCUT2D eigenvalue weighted by atomic mass is 16.3. The second-order valence-electron chi connectivity index (χ2n) is 7.34.